The van der Waals surface area contributed by atoms with Gasteiger partial charge in [0.2, 0.25) is 0 Å². The molecule has 0 spiro atoms. The highest BCUT2D eigenvalue weighted by Crippen LogP contribution is 2.27. The van der Waals surface area contributed by atoms with Crippen molar-refractivity contribution in [3.05, 3.63) is 65.9 Å². The molecule has 0 amide bonds. The number of fused-ring (bicyclic) bond motifs is 1. The van der Waals surface area contributed by atoms with Crippen molar-refractivity contribution < 1.29 is 13.9 Å². The highest BCUT2D eigenvalue weighted by atomic mass is 19.1. The average Bonchev–Trinajstić information content (AvgIpc) is 2.91. The Morgan fingerprint density at radius 1 is 1.20 bits per heavy atom. The third-order valence-corrected chi connectivity index (χ3v) is 3.24. The molecule has 1 aromatic carbocycles. The first-order chi connectivity index (χ1) is 9.74. The molecule has 1 N–H and O–H groups in total. The van der Waals surface area contributed by atoms with Gasteiger partial charge in [-0.25, -0.2) is 4.39 Å². The number of aryl methyl sites for hydroxylation is 1. The van der Waals surface area contributed by atoms with E-state index in [0.29, 0.717) is 24.0 Å². The van der Waals surface area contributed by atoms with Crippen LogP contribution in [0, 0.1) is 5.82 Å². The zero-order valence-electron chi connectivity index (χ0n) is 10.8. The van der Waals surface area contributed by atoms with E-state index in [-0.39, 0.29) is 5.58 Å². The second-order valence-corrected chi connectivity index (χ2v) is 4.68. The smallest absolute Gasteiger partial charge is 0.170 e. The molecule has 0 saturated carbocycles. The van der Waals surface area contributed by atoms with Gasteiger partial charge < -0.3 is 9.52 Å². The van der Waals surface area contributed by atoms with Crippen LogP contribution in [0.4, 0.5) is 4.39 Å². The SMILES string of the molecule is OC(CCc1ccccn1)c1cc2cccc(F)c2o1. The van der Waals surface area contributed by atoms with Gasteiger partial charge in [0, 0.05) is 17.3 Å². The van der Waals surface area contributed by atoms with Crippen LogP contribution in [-0.4, -0.2) is 10.1 Å². The van der Waals surface area contributed by atoms with Gasteiger partial charge in [0.25, 0.3) is 0 Å². The second-order valence-electron chi connectivity index (χ2n) is 4.68. The lowest BCUT2D eigenvalue weighted by atomic mass is 10.1. The quantitative estimate of drug-likeness (QED) is 0.788. The molecular weight excluding hydrogens is 257 g/mol. The highest BCUT2D eigenvalue weighted by Gasteiger charge is 2.15. The van der Waals surface area contributed by atoms with Crippen LogP contribution in [0.25, 0.3) is 11.0 Å². The Balaban J connectivity index is 1.75. The fraction of sp³-hybridized carbons (Fsp3) is 0.188. The summed E-state index contributed by atoms with van der Waals surface area (Å²) in [4.78, 5) is 4.20. The lowest BCUT2D eigenvalue weighted by molar-refractivity contribution is 0.142. The molecule has 0 aliphatic rings. The first kappa shape index (κ1) is 12.8. The predicted molar refractivity (Wildman–Crippen MR) is 73.7 cm³/mol. The van der Waals surface area contributed by atoms with Crippen LogP contribution < -0.4 is 0 Å². The molecule has 4 heteroatoms. The fourth-order valence-electron chi connectivity index (χ4n) is 2.18. The topological polar surface area (TPSA) is 46.3 Å². The second kappa shape index (κ2) is 5.43. The molecular formula is C16H14FNO2. The minimum Gasteiger partial charge on any atom is -0.455 e. The lowest BCUT2D eigenvalue weighted by Gasteiger charge is -2.06. The first-order valence-electron chi connectivity index (χ1n) is 6.50. The fourth-order valence-corrected chi connectivity index (χ4v) is 2.18. The van der Waals surface area contributed by atoms with Crippen molar-refractivity contribution in [3.8, 4) is 0 Å². The number of benzene rings is 1. The van der Waals surface area contributed by atoms with Crippen molar-refractivity contribution in [2.75, 3.05) is 0 Å². The van der Waals surface area contributed by atoms with E-state index in [1.165, 1.54) is 6.07 Å². The molecule has 2 aromatic heterocycles. The molecule has 0 fully saturated rings. The maximum atomic E-state index is 13.5. The molecule has 0 bridgehead atoms. The normalized spacial score (nSPS) is 12.7. The lowest BCUT2D eigenvalue weighted by Crippen LogP contribution is -1.99. The van der Waals surface area contributed by atoms with E-state index in [9.17, 15) is 9.50 Å². The average molecular weight is 271 g/mol. The van der Waals surface area contributed by atoms with Crippen LogP contribution in [-0.2, 0) is 6.42 Å². The number of aromatic nitrogens is 1. The maximum absolute atomic E-state index is 13.5. The number of hydrogen-bond acceptors (Lipinski definition) is 3. The van der Waals surface area contributed by atoms with Gasteiger partial charge >= 0.3 is 0 Å². The summed E-state index contributed by atoms with van der Waals surface area (Å²) >= 11 is 0. The zero-order chi connectivity index (χ0) is 13.9. The number of rotatable bonds is 4. The molecule has 3 rings (SSSR count). The van der Waals surface area contributed by atoms with Gasteiger partial charge in [-0.3, -0.25) is 4.98 Å². The number of aliphatic hydroxyl groups is 1. The predicted octanol–water partition coefficient (Wildman–Crippen LogP) is 3.63. The molecule has 1 atom stereocenters. The molecule has 2 heterocycles. The summed E-state index contributed by atoms with van der Waals surface area (Å²) in [6.45, 7) is 0. The van der Waals surface area contributed by atoms with E-state index < -0.39 is 11.9 Å². The molecule has 102 valence electrons. The third-order valence-electron chi connectivity index (χ3n) is 3.24. The number of nitrogens with zero attached hydrogens (tertiary/aromatic N) is 1. The molecule has 0 aliphatic heterocycles. The van der Waals surface area contributed by atoms with E-state index >= 15 is 0 Å². The van der Waals surface area contributed by atoms with Crippen LogP contribution in [0.15, 0.2) is 53.1 Å². The molecule has 3 nitrogen and oxygen atoms in total. The van der Waals surface area contributed by atoms with Crippen molar-refractivity contribution >= 4 is 11.0 Å². The Morgan fingerprint density at radius 2 is 2.10 bits per heavy atom. The monoisotopic (exact) mass is 271 g/mol. The number of halogens is 1. The highest BCUT2D eigenvalue weighted by molar-refractivity contribution is 5.78. The number of furan rings is 1. The van der Waals surface area contributed by atoms with Crippen molar-refractivity contribution in [2.45, 2.75) is 18.9 Å². The van der Waals surface area contributed by atoms with E-state index in [2.05, 4.69) is 4.98 Å². The summed E-state index contributed by atoms with van der Waals surface area (Å²) in [6.07, 6.45) is 2.09. The van der Waals surface area contributed by atoms with Crippen molar-refractivity contribution in [2.24, 2.45) is 0 Å². The molecule has 3 aromatic rings. The standard InChI is InChI=1S/C16H14FNO2/c17-13-6-3-4-11-10-15(20-16(11)13)14(19)8-7-12-5-1-2-9-18-12/h1-6,9-10,14,19H,7-8H2. The van der Waals surface area contributed by atoms with E-state index in [0.717, 1.165) is 5.69 Å². The Kier molecular flexibility index (Phi) is 3.48. The number of pyridine rings is 1. The van der Waals surface area contributed by atoms with Gasteiger partial charge in [-0.1, -0.05) is 18.2 Å². The van der Waals surface area contributed by atoms with E-state index in [1.807, 2.05) is 18.2 Å². The van der Waals surface area contributed by atoms with Crippen molar-refractivity contribution in [1.29, 1.82) is 0 Å². The summed E-state index contributed by atoms with van der Waals surface area (Å²) in [5, 5.41) is 10.8. The van der Waals surface area contributed by atoms with E-state index in [1.54, 1.807) is 24.4 Å². The summed E-state index contributed by atoms with van der Waals surface area (Å²) in [6, 6.07) is 12.1. The summed E-state index contributed by atoms with van der Waals surface area (Å²) in [5.74, 6) is -0.0216. The Hall–Kier alpha value is -2.20. The van der Waals surface area contributed by atoms with Gasteiger partial charge in [0.05, 0.1) is 0 Å². The minimum atomic E-state index is -0.760. The van der Waals surface area contributed by atoms with Crippen LogP contribution >= 0.6 is 0 Å². The molecule has 20 heavy (non-hydrogen) atoms. The minimum absolute atomic E-state index is 0.194. The Labute approximate surface area is 115 Å². The van der Waals surface area contributed by atoms with E-state index in [4.69, 9.17) is 4.42 Å². The van der Waals surface area contributed by atoms with Crippen molar-refractivity contribution in [3.63, 3.8) is 0 Å². The third kappa shape index (κ3) is 2.56. The number of hydrogen-bond donors (Lipinski definition) is 1. The van der Waals surface area contributed by atoms with Crippen LogP contribution in [0.1, 0.15) is 24.0 Å². The number of para-hydroxylation sites is 1. The Morgan fingerprint density at radius 3 is 2.85 bits per heavy atom. The van der Waals surface area contributed by atoms with Gasteiger partial charge in [0.1, 0.15) is 11.9 Å². The summed E-state index contributed by atoms with van der Waals surface area (Å²) in [7, 11) is 0. The summed E-state index contributed by atoms with van der Waals surface area (Å²) in [5.41, 5.74) is 1.10. The van der Waals surface area contributed by atoms with Crippen LogP contribution in [0.5, 0.6) is 0 Å². The largest absolute Gasteiger partial charge is 0.455 e. The van der Waals surface area contributed by atoms with Crippen LogP contribution in [0.2, 0.25) is 0 Å². The Bertz CT molecular complexity index is 709. The summed E-state index contributed by atoms with van der Waals surface area (Å²) < 4.78 is 18.9. The number of aliphatic hydroxyl groups excluding tert-OH is 1. The zero-order valence-corrected chi connectivity index (χ0v) is 10.8. The first-order valence-corrected chi connectivity index (χ1v) is 6.50. The van der Waals surface area contributed by atoms with Crippen LogP contribution in [0.3, 0.4) is 0 Å². The maximum Gasteiger partial charge on any atom is 0.170 e. The molecule has 0 saturated heterocycles. The van der Waals surface area contributed by atoms with Gasteiger partial charge in [-0.2, -0.15) is 0 Å². The molecule has 0 aliphatic carbocycles. The molecule has 0 radical (unpaired) electrons. The van der Waals surface area contributed by atoms with Gasteiger partial charge in [0.15, 0.2) is 11.4 Å². The molecule has 1 unspecified atom stereocenters. The van der Waals surface area contributed by atoms with Gasteiger partial charge in [-0.05, 0) is 37.1 Å². The van der Waals surface area contributed by atoms with Gasteiger partial charge in [-0.15, -0.1) is 0 Å². The van der Waals surface area contributed by atoms with Crippen molar-refractivity contribution in [1.82, 2.24) is 4.98 Å².